The van der Waals surface area contributed by atoms with Gasteiger partial charge in [0.2, 0.25) is 0 Å². The summed E-state index contributed by atoms with van der Waals surface area (Å²) >= 11 is 0. The second-order valence-corrected chi connectivity index (χ2v) is 4.11. The zero-order valence-electron chi connectivity index (χ0n) is 8.10. The van der Waals surface area contributed by atoms with Crippen molar-refractivity contribution in [2.75, 3.05) is 6.61 Å². The van der Waals surface area contributed by atoms with Crippen LogP contribution in [-0.4, -0.2) is 12.7 Å². The second kappa shape index (κ2) is 3.25. The van der Waals surface area contributed by atoms with Gasteiger partial charge in [0.05, 0.1) is 6.10 Å². The van der Waals surface area contributed by atoms with Gasteiger partial charge in [0, 0.05) is 18.4 Å². The van der Waals surface area contributed by atoms with Crippen molar-refractivity contribution in [3.8, 4) is 0 Å². The summed E-state index contributed by atoms with van der Waals surface area (Å²) in [6.45, 7) is 0.934. The van der Waals surface area contributed by atoms with Crippen molar-refractivity contribution in [1.29, 1.82) is 0 Å². The normalized spacial score (nSPS) is 34.7. The predicted molar refractivity (Wildman–Crippen MR) is 56.2 cm³/mol. The highest BCUT2D eigenvalue weighted by atomic mass is 16.5. The number of benzene rings is 1. The van der Waals surface area contributed by atoms with Crippen molar-refractivity contribution in [1.82, 2.24) is 0 Å². The quantitative estimate of drug-likeness (QED) is 0.613. The lowest BCUT2D eigenvalue weighted by Gasteiger charge is -2.18. The van der Waals surface area contributed by atoms with Gasteiger partial charge in [0.1, 0.15) is 0 Å². The molecular formula is C13H14O. The SMILES string of the molecule is C1=C[C@@H](c2ccccc2)[C@@H]2OCC[C@H]12. The average Bonchev–Trinajstić information content (AvgIpc) is 2.79. The van der Waals surface area contributed by atoms with Crippen LogP contribution in [0.2, 0.25) is 0 Å². The van der Waals surface area contributed by atoms with Gasteiger partial charge < -0.3 is 4.74 Å². The molecule has 1 fully saturated rings. The Kier molecular flexibility index (Phi) is 1.91. The molecule has 0 radical (unpaired) electrons. The third kappa shape index (κ3) is 1.20. The minimum atomic E-state index is 0.414. The van der Waals surface area contributed by atoms with Crippen LogP contribution >= 0.6 is 0 Å². The molecule has 3 atom stereocenters. The van der Waals surface area contributed by atoms with Crippen molar-refractivity contribution < 1.29 is 4.74 Å². The van der Waals surface area contributed by atoms with E-state index in [1.807, 2.05) is 0 Å². The number of ether oxygens (including phenoxy) is 1. The van der Waals surface area contributed by atoms with Gasteiger partial charge in [-0.3, -0.25) is 0 Å². The van der Waals surface area contributed by atoms with Gasteiger partial charge in [-0.05, 0) is 12.0 Å². The Bertz CT molecular complexity index is 342. The first-order valence-corrected chi connectivity index (χ1v) is 5.30. The fourth-order valence-electron chi connectivity index (χ4n) is 2.55. The minimum Gasteiger partial charge on any atom is -0.377 e. The molecule has 1 aliphatic heterocycles. The van der Waals surface area contributed by atoms with Crippen LogP contribution in [0.1, 0.15) is 17.9 Å². The van der Waals surface area contributed by atoms with Crippen molar-refractivity contribution in [3.63, 3.8) is 0 Å². The Balaban J connectivity index is 1.90. The van der Waals surface area contributed by atoms with E-state index in [9.17, 15) is 0 Å². The number of hydrogen-bond acceptors (Lipinski definition) is 1. The highest BCUT2D eigenvalue weighted by Gasteiger charge is 2.36. The molecule has 0 N–H and O–H groups in total. The molecule has 0 aromatic heterocycles. The Morgan fingerprint density at radius 3 is 2.79 bits per heavy atom. The highest BCUT2D eigenvalue weighted by molar-refractivity contribution is 5.30. The van der Waals surface area contributed by atoms with E-state index in [1.54, 1.807) is 0 Å². The number of rotatable bonds is 1. The summed E-state index contributed by atoms with van der Waals surface area (Å²) in [6.07, 6.45) is 6.25. The molecule has 0 amide bonds. The molecule has 1 heteroatoms. The van der Waals surface area contributed by atoms with Crippen LogP contribution in [0.25, 0.3) is 0 Å². The van der Waals surface area contributed by atoms with E-state index >= 15 is 0 Å². The second-order valence-electron chi connectivity index (χ2n) is 4.11. The predicted octanol–water partition coefficient (Wildman–Crippen LogP) is 2.75. The zero-order valence-corrected chi connectivity index (χ0v) is 8.10. The lowest BCUT2D eigenvalue weighted by atomic mass is 9.93. The van der Waals surface area contributed by atoms with Crippen molar-refractivity contribution in [2.45, 2.75) is 18.4 Å². The first-order valence-electron chi connectivity index (χ1n) is 5.30. The average molecular weight is 186 g/mol. The molecule has 1 heterocycles. The van der Waals surface area contributed by atoms with E-state index < -0.39 is 0 Å². The highest BCUT2D eigenvalue weighted by Crippen LogP contribution is 2.39. The number of fused-ring (bicyclic) bond motifs is 1. The Morgan fingerprint density at radius 1 is 1.07 bits per heavy atom. The molecule has 1 aromatic carbocycles. The molecule has 0 bridgehead atoms. The van der Waals surface area contributed by atoms with Crippen LogP contribution in [0.5, 0.6) is 0 Å². The monoisotopic (exact) mass is 186 g/mol. The Labute approximate surface area is 84.4 Å². The van der Waals surface area contributed by atoms with Crippen molar-refractivity contribution in [2.24, 2.45) is 5.92 Å². The summed E-state index contributed by atoms with van der Waals surface area (Å²) in [5.41, 5.74) is 1.39. The number of hydrogen-bond donors (Lipinski definition) is 0. The molecule has 1 saturated heterocycles. The topological polar surface area (TPSA) is 9.23 Å². The molecule has 14 heavy (non-hydrogen) atoms. The molecule has 2 aliphatic rings. The van der Waals surface area contributed by atoms with E-state index in [2.05, 4.69) is 42.5 Å². The molecular weight excluding hydrogens is 172 g/mol. The third-order valence-corrected chi connectivity index (χ3v) is 3.29. The standard InChI is InChI=1S/C13H14O/c1-2-4-10(5-3-1)12-7-6-11-8-9-14-13(11)12/h1-7,11-13H,8-9H2/t11-,12-,13+/m0/s1. The summed E-state index contributed by atoms with van der Waals surface area (Å²) in [4.78, 5) is 0. The first-order chi connectivity index (χ1) is 6.95. The van der Waals surface area contributed by atoms with Gasteiger partial charge >= 0.3 is 0 Å². The summed E-state index contributed by atoms with van der Waals surface area (Å²) < 4.78 is 5.78. The zero-order chi connectivity index (χ0) is 9.38. The summed E-state index contributed by atoms with van der Waals surface area (Å²) in [7, 11) is 0. The lowest BCUT2D eigenvalue weighted by molar-refractivity contribution is 0.0939. The van der Waals surface area contributed by atoms with Gasteiger partial charge in [-0.1, -0.05) is 42.5 Å². The van der Waals surface area contributed by atoms with Gasteiger partial charge in [0.15, 0.2) is 0 Å². The largest absolute Gasteiger partial charge is 0.377 e. The molecule has 1 nitrogen and oxygen atoms in total. The van der Waals surface area contributed by atoms with Gasteiger partial charge in [-0.2, -0.15) is 0 Å². The maximum atomic E-state index is 5.78. The molecule has 0 unspecified atom stereocenters. The minimum absolute atomic E-state index is 0.414. The van der Waals surface area contributed by atoms with Crippen molar-refractivity contribution >= 4 is 0 Å². The van der Waals surface area contributed by atoms with Crippen LogP contribution in [0.3, 0.4) is 0 Å². The van der Waals surface area contributed by atoms with E-state index in [-0.39, 0.29) is 0 Å². The van der Waals surface area contributed by atoms with E-state index in [0.29, 0.717) is 17.9 Å². The van der Waals surface area contributed by atoms with Crippen LogP contribution in [-0.2, 0) is 4.74 Å². The van der Waals surface area contributed by atoms with Gasteiger partial charge in [-0.15, -0.1) is 0 Å². The molecule has 72 valence electrons. The first kappa shape index (κ1) is 8.25. The molecule has 1 aromatic rings. The fourth-order valence-corrected chi connectivity index (χ4v) is 2.55. The molecule has 1 aliphatic carbocycles. The Hall–Kier alpha value is -1.08. The van der Waals surface area contributed by atoms with Crippen LogP contribution in [0.4, 0.5) is 0 Å². The van der Waals surface area contributed by atoms with Crippen LogP contribution in [0.15, 0.2) is 42.5 Å². The maximum absolute atomic E-state index is 5.78. The van der Waals surface area contributed by atoms with Crippen LogP contribution < -0.4 is 0 Å². The van der Waals surface area contributed by atoms with Gasteiger partial charge in [-0.25, -0.2) is 0 Å². The molecule has 0 spiro atoms. The summed E-state index contributed by atoms with van der Waals surface area (Å²) in [6, 6.07) is 10.7. The Morgan fingerprint density at radius 2 is 1.93 bits per heavy atom. The van der Waals surface area contributed by atoms with Gasteiger partial charge in [0.25, 0.3) is 0 Å². The summed E-state index contributed by atoms with van der Waals surface area (Å²) in [5, 5.41) is 0. The van der Waals surface area contributed by atoms with Crippen molar-refractivity contribution in [3.05, 3.63) is 48.0 Å². The van der Waals surface area contributed by atoms with E-state index in [0.717, 1.165) is 6.61 Å². The molecule has 0 saturated carbocycles. The lowest BCUT2D eigenvalue weighted by Crippen LogP contribution is -2.17. The third-order valence-electron chi connectivity index (χ3n) is 3.29. The van der Waals surface area contributed by atoms with Crippen LogP contribution in [0, 0.1) is 5.92 Å². The summed E-state index contributed by atoms with van der Waals surface area (Å²) in [5.74, 6) is 1.16. The fraction of sp³-hybridized carbons (Fsp3) is 0.385. The van der Waals surface area contributed by atoms with E-state index in [1.165, 1.54) is 12.0 Å². The smallest absolute Gasteiger partial charge is 0.0741 e. The molecule has 3 rings (SSSR count). The van der Waals surface area contributed by atoms with E-state index in [4.69, 9.17) is 4.74 Å². The maximum Gasteiger partial charge on any atom is 0.0741 e.